The molecule has 0 saturated carbocycles. The van der Waals surface area contributed by atoms with Gasteiger partial charge in [-0.15, -0.1) is 0 Å². The van der Waals surface area contributed by atoms with Gasteiger partial charge in [-0.25, -0.2) is 4.79 Å². The number of hydrogen-bond acceptors (Lipinski definition) is 6. The maximum absolute atomic E-state index is 14.3. The van der Waals surface area contributed by atoms with Crippen molar-refractivity contribution in [3.63, 3.8) is 0 Å². The van der Waals surface area contributed by atoms with Crippen molar-refractivity contribution < 1.29 is 28.7 Å². The Morgan fingerprint density at radius 3 is 1.97 bits per heavy atom. The number of benzene rings is 1. The maximum atomic E-state index is 14.3. The van der Waals surface area contributed by atoms with E-state index in [0.717, 1.165) is 11.1 Å². The first kappa shape index (κ1) is 33.9. The molecular formula is C30H49N3O6. The minimum Gasteiger partial charge on any atom is -0.466 e. The Balaban J connectivity index is 3.60. The van der Waals surface area contributed by atoms with Crippen LogP contribution in [-0.2, 0) is 23.9 Å². The Morgan fingerprint density at radius 2 is 1.51 bits per heavy atom. The summed E-state index contributed by atoms with van der Waals surface area (Å²) in [6, 6.07) is 3.83. The summed E-state index contributed by atoms with van der Waals surface area (Å²) in [6.07, 6.45) is -0.141. The second-order valence-corrected chi connectivity index (χ2v) is 11.9. The number of esters is 1. The van der Waals surface area contributed by atoms with Crippen LogP contribution in [0, 0.1) is 19.8 Å². The number of nitrogens with one attached hydrogen (secondary N) is 2. The number of hydrogen-bond donors (Lipinski definition) is 2. The van der Waals surface area contributed by atoms with Gasteiger partial charge in [-0.2, -0.15) is 0 Å². The van der Waals surface area contributed by atoms with Crippen molar-refractivity contribution in [3.8, 4) is 0 Å². The summed E-state index contributed by atoms with van der Waals surface area (Å²) in [5.41, 5.74) is 1.04. The van der Waals surface area contributed by atoms with Crippen molar-refractivity contribution in [2.24, 2.45) is 5.92 Å². The first-order valence-corrected chi connectivity index (χ1v) is 13.8. The van der Waals surface area contributed by atoms with Gasteiger partial charge in [0, 0.05) is 12.1 Å². The number of aryl methyl sites for hydroxylation is 2. The van der Waals surface area contributed by atoms with Crippen molar-refractivity contribution in [2.75, 3.05) is 13.2 Å². The molecular weight excluding hydrogens is 498 g/mol. The lowest BCUT2D eigenvalue weighted by atomic mass is 9.89. The van der Waals surface area contributed by atoms with Gasteiger partial charge in [0.2, 0.25) is 11.8 Å². The number of alkyl carbamates (subject to hydrolysis) is 1. The first-order valence-electron chi connectivity index (χ1n) is 13.8. The average Bonchev–Trinajstić information content (AvgIpc) is 2.78. The second-order valence-electron chi connectivity index (χ2n) is 11.9. The van der Waals surface area contributed by atoms with E-state index in [1.54, 1.807) is 32.6 Å². The van der Waals surface area contributed by atoms with Crippen LogP contribution >= 0.6 is 0 Å². The fourth-order valence-corrected chi connectivity index (χ4v) is 4.25. The minimum absolute atomic E-state index is 0.0130. The van der Waals surface area contributed by atoms with E-state index in [1.165, 1.54) is 0 Å². The molecule has 220 valence electrons. The topological polar surface area (TPSA) is 114 Å². The van der Waals surface area contributed by atoms with E-state index in [1.807, 2.05) is 66.7 Å². The Bertz CT molecular complexity index is 992. The SMILES string of the molecule is CCOC(=O)CCNC(=O)C(c1cc(C)cc(C)c1)N(C(=O)C(NC(=O)OC(C)(C)C)C(C)C)C(C)(C)CC. The number of carbonyl (C=O) groups excluding carboxylic acids is 4. The van der Waals surface area contributed by atoms with E-state index in [0.29, 0.717) is 12.0 Å². The Morgan fingerprint density at radius 1 is 0.949 bits per heavy atom. The van der Waals surface area contributed by atoms with Gasteiger partial charge < -0.3 is 25.0 Å². The fraction of sp³-hybridized carbons (Fsp3) is 0.667. The third kappa shape index (κ3) is 10.5. The van der Waals surface area contributed by atoms with Crippen molar-refractivity contribution in [2.45, 2.75) is 112 Å². The molecule has 2 unspecified atom stereocenters. The highest BCUT2D eigenvalue weighted by atomic mass is 16.6. The third-order valence-electron chi connectivity index (χ3n) is 6.36. The molecule has 0 aromatic heterocycles. The highest BCUT2D eigenvalue weighted by molar-refractivity contribution is 5.93. The second kappa shape index (κ2) is 14.3. The number of nitrogens with zero attached hydrogens (tertiary/aromatic N) is 1. The summed E-state index contributed by atoms with van der Waals surface area (Å²) in [6.45, 7) is 20.6. The largest absolute Gasteiger partial charge is 0.466 e. The molecule has 0 aliphatic rings. The van der Waals surface area contributed by atoms with Crippen molar-refractivity contribution in [1.29, 1.82) is 0 Å². The van der Waals surface area contributed by atoms with Gasteiger partial charge in [-0.05, 0) is 73.3 Å². The van der Waals surface area contributed by atoms with Gasteiger partial charge in [0.25, 0.3) is 0 Å². The lowest BCUT2D eigenvalue weighted by molar-refractivity contribution is -0.150. The summed E-state index contributed by atoms with van der Waals surface area (Å²) < 4.78 is 10.4. The smallest absolute Gasteiger partial charge is 0.408 e. The molecule has 0 bridgehead atoms. The summed E-state index contributed by atoms with van der Waals surface area (Å²) in [5, 5.41) is 5.58. The predicted molar refractivity (Wildman–Crippen MR) is 152 cm³/mol. The Kier molecular flexibility index (Phi) is 12.5. The van der Waals surface area contributed by atoms with E-state index in [-0.39, 0.29) is 25.5 Å². The molecule has 2 N–H and O–H groups in total. The number of amides is 3. The molecule has 1 rings (SSSR count). The minimum atomic E-state index is -1.00. The highest BCUT2D eigenvalue weighted by Crippen LogP contribution is 2.33. The van der Waals surface area contributed by atoms with Crippen LogP contribution in [0.4, 0.5) is 4.79 Å². The Labute approximate surface area is 234 Å². The van der Waals surface area contributed by atoms with Gasteiger partial charge in [0.1, 0.15) is 17.7 Å². The van der Waals surface area contributed by atoms with Crippen LogP contribution in [0.2, 0.25) is 0 Å². The summed E-state index contributed by atoms with van der Waals surface area (Å²) in [4.78, 5) is 54.4. The van der Waals surface area contributed by atoms with E-state index in [9.17, 15) is 19.2 Å². The number of rotatable bonds is 12. The molecule has 0 fully saturated rings. The molecule has 0 radical (unpaired) electrons. The quantitative estimate of drug-likeness (QED) is 0.357. The zero-order valence-corrected chi connectivity index (χ0v) is 25.7. The van der Waals surface area contributed by atoms with Gasteiger partial charge in [-0.1, -0.05) is 50.1 Å². The van der Waals surface area contributed by atoms with Crippen LogP contribution in [0.15, 0.2) is 18.2 Å². The molecule has 0 spiro atoms. The zero-order chi connectivity index (χ0) is 30.1. The normalized spacial score (nSPS) is 13.3. The lowest BCUT2D eigenvalue weighted by Crippen LogP contribution is -2.60. The molecule has 1 aromatic carbocycles. The standard InChI is InChI=1S/C30H49N3O6/c1-12-30(10,11)33(27(36)24(19(3)4)32-28(37)39-29(7,8)9)25(22-17-20(5)16-21(6)18-22)26(35)31-15-14-23(34)38-13-2/h16-19,24-25H,12-15H2,1-11H3,(H,31,35)(H,32,37). The Hall–Kier alpha value is -3.10. The maximum Gasteiger partial charge on any atom is 0.408 e. The molecule has 0 aliphatic carbocycles. The molecule has 1 aromatic rings. The van der Waals surface area contributed by atoms with E-state index < -0.39 is 47.1 Å². The molecule has 39 heavy (non-hydrogen) atoms. The third-order valence-corrected chi connectivity index (χ3v) is 6.36. The average molecular weight is 548 g/mol. The van der Waals surface area contributed by atoms with E-state index in [4.69, 9.17) is 9.47 Å². The van der Waals surface area contributed by atoms with Crippen molar-refractivity contribution in [1.82, 2.24) is 15.5 Å². The summed E-state index contributed by atoms with van der Waals surface area (Å²) in [7, 11) is 0. The summed E-state index contributed by atoms with van der Waals surface area (Å²) >= 11 is 0. The van der Waals surface area contributed by atoms with Gasteiger partial charge >= 0.3 is 12.1 Å². The van der Waals surface area contributed by atoms with E-state index >= 15 is 0 Å². The summed E-state index contributed by atoms with van der Waals surface area (Å²) in [5.74, 6) is -1.51. The molecule has 9 heteroatoms. The lowest BCUT2D eigenvalue weighted by Gasteiger charge is -2.45. The molecule has 3 amide bonds. The number of carbonyl (C=O) groups is 4. The van der Waals surface area contributed by atoms with Crippen LogP contribution in [0.5, 0.6) is 0 Å². The molecule has 0 heterocycles. The molecule has 0 aliphatic heterocycles. The van der Waals surface area contributed by atoms with Crippen molar-refractivity contribution in [3.05, 3.63) is 34.9 Å². The van der Waals surface area contributed by atoms with Crippen LogP contribution in [0.3, 0.4) is 0 Å². The number of ether oxygens (including phenoxy) is 2. The van der Waals surface area contributed by atoms with Crippen LogP contribution < -0.4 is 10.6 Å². The van der Waals surface area contributed by atoms with Gasteiger partial charge in [0.15, 0.2) is 0 Å². The van der Waals surface area contributed by atoms with Crippen molar-refractivity contribution >= 4 is 23.9 Å². The van der Waals surface area contributed by atoms with Crippen LogP contribution in [-0.4, -0.2) is 59.1 Å². The fourth-order valence-electron chi connectivity index (χ4n) is 4.25. The van der Waals surface area contributed by atoms with Crippen LogP contribution in [0.1, 0.15) is 97.9 Å². The monoisotopic (exact) mass is 547 g/mol. The van der Waals surface area contributed by atoms with E-state index in [2.05, 4.69) is 10.6 Å². The van der Waals surface area contributed by atoms with Gasteiger partial charge in [-0.3, -0.25) is 14.4 Å². The highest BCUT2D eigenvalue weighted by Gasteiger charge is 2.44. The molecule has 0 saturated heterocycles. The predicted octanol–water partition coefficient (Wildman–Crippen LogP) is 4.98. The molecule has 9 nitrogen and oxygen atoms in total. The zero-order valence-electron chi connectivity index (χ0n) is 25.7. The molecule has 2 atom stereocenters. The first-order chi connectivity index (χ1) is 17.9. The van der Waals surface area contributed by atoms with Crippen LogP contribution in [0.25, 0.3) is 0 Å². The van der Waals surface area contributed by atoms with Gasteiger partial charge in [0.05, 0.1) is 13.0 Å².